The van der Waals surface area contributed by atoms with Gasteiger partial charge in [0.2, 0.25) is 5.91 Å². The Balaban J connectivity index is 1.65. The molecule has 0 unspecified atom stereocenters. The summed E-state index contributed by atoms with van der Waals surface area (Å²) >= 11 is 0. The van der Waals surface area contributed by atoms with E-state index >= 15 is 0 Å². The van der Waals surface area contributed by atoms with Crippen molar-refractivity contribution in [3.05, 3.63) is 0 Å². The second-order valence-corrected chi connectivity index (χ2v) is 5.34. The molecule has 1 amide bonds. The Bertz CT molecular complexity index is 256. The minimum Gasteiger partial charge on any atom is -0.381 e. The van der Waals surface area contributed by atoms with Gasteiger partial charge in [0, 0.05) is 33.2 Å². The van der Waals surface area contributed by atoms with Crippen molar-refractivity contribution >= 4 is 5.91 Å². The number of nitrogens with zero attached hydrogens (tertiary/aromatic N) is 1. The van der Waals surface area contributed by atoms with Crippen LogP contribution in [0.4, 0.5) is 0 Å². The van der Waals surface area contributed by atoms with E-state index in [4.69, 9.17) is 9.47 Å². The van der Waals surface area contributed by atoms with Crippen LogP contribution in [0.25, 0.3) is 0 Å². The Kier molecular flexibility index (Phi) is 5.45. The standard InChI is InChI=1S/C14H25NO3/c1-17-12-7-9-15(10-8-12)14(16)6-5-13-4-2-3-11-18-13/h12-13H,2-11H2,1H3/t13-/m0/s1. The van der Waals surface area contributed by atoms with Crippen molar-refractivity contribution in [1.82, 2.24) is 4.90 Å². The van der Waals surface area contributed by atoms with Crippen molar-refractivity contribution in [2.45, 2.75) is 57.2 Å². The van der Waals surface area contributed by atoms with Crippen molar-refractivity contribution in [2.24, 2.45) is 0 Å². The number of amides is 1. The van der Waals surface area contributed by atoms with Crippen LogP contribution in [0.2, 0.25) is 0 Å². The number of ether oxygens (including phenoxy) is 2. The predicted octanol–water partition coefficient (Wildman–Crippen LogP) is 1.97. The monoisotopic (exact) mass is 255 g/mol. The van der Waals surface area contributed by atoms with Gasteiger partial charge >= 0.3 is 0 Å². The third kappa shape index (κ3) is 3.95. The average molecular weight is 255 g/mol. The quantitative estimate of drug-likeness (QED) is 0.771. The third-order valence-electron chi connectivity index (χ3n) is 4.08. The van der Waals surface area contributed by atoms with E-state index < -0.39 is 0 Å². The fourth-order valence-electron chi connectivity index (χ4n) is 2.82. The SMILES string of the molecule is COC1CCN(C(=O)CC[C@@H]2CCCCO2)CC1. The van der Waals surface area contributed by atoms with Crippen molar-refractivity contribution in [2.75, 3.05) is 26.8 Å². The van der Waals surface area contributed by atoms with Gasteiger partial charge in [0.15, 0.2) is 0 Å². The van der Waals surface area contributed by atoms with Crippen LogP contribution in [0.3, 0.4) is 0 Å². The largest absolute Gasteiger partial charge is 0.381 e. The maximum Gasteiger partial charge on any atom is 0.222 e. The molecule has 0 saturated carbocycles. The number of hydrogen-bond acceptors (Lipinski definition) is 3. The first-order chi connectivity index (χ1) is 8.79. The molecule has 2 rings (SSSR count). The lowest BCUT2D eigenvalue weighted by atomic mass is 10.0. The molecule has 1 atom stereocenters. The van der Waals surface area contributed by atoms with E-state index in [1.54, 1.807) is 7.11 Å². The zero-order valence-corrected chi connectivity index (χ0v) is 11.4. The highest BCUT2D eigenvalue weighted by Crippen LogP contribution is 2.19. The molecular weight excluding hydrogens is 230 g/mol. The van der Waals surface area contributed by atoms with Crippen LogP contribution in [-0.4, -0.2) is 49.8 Å². The summed E-state index contributed by atoms with van der Waals surface area (Å²) < 4.78 is 11.0. The van der Waals surface area contributed by atoms with Crippen LogP contribution in [-0.2, 0) is 14.3 Å². The Morgan fingerprint density at radius 1 is 1.28 bits per heavy atom. The third-order valence-corrected chi connectivity index (χ3v) is 4.08. The summed E-state index contributed by atoms with van der Waals surface area (Å²) in [6.07, 6.45) is 7.69. The molecule has 0 aromatic heterocycles. The number of carbonyl (C=O) groups excluding carboxylic acids is 1. The fraction of sp³-hybridized carbons (Fsp3) is 0.929. The van der Waals surface area contributed by atoms with Crippen LogP contribution in [0.1, 0.15) is 44.9 Å². The lowest BCUT2D eigenvalue weighted by Gasteiger charge is -2.32. The summed E-state index contributed by atoms with van der Waals surface area (Å²) in [7, 11) is 1.75. The molecule has 0 aromatic rings. The van der Waals surface area contributed by atoms with Crippen LogP contribution >= 0.6 is 0 Å². The Hall–Kier alpha value is -0.610. The first-order valence-corrected chi connectivity index (χ1v) is 7.22. The molecule has 2 heterocycles. The van der Waals surface area contributed by atoms with Crippen LogP contribution in [0.15, 0.2) is 0 Å². The molecule has 4 heteroatoms. The molecule has 0 aromatic carbocycles. The number of rotatable bonds is 4. The van der Waals surface area contributed by atoms with Gasteiger partial charge in [-0.25, -0.2) is 0 Å². The minimum atomic E-state index is 0.290. The molecule has 104 valence electrons. The van der Waals surface area contributed by atoms with Crippen molar-refractivity contribution in [1.29, 1.82) is 0 Å². The molecule has 18 heavy (non-hydrogen) atoms. The van der Waals surface area contributed by atoms with E-state index in [0.29, 0.717) is 24.5 Å². The normalized spacial score (nSPS) is 26.3. The number of piperidine rings is 1. The predicted molar refractivity (Wildman–Crippen MR) is 69.4 cm³/mol. The van der Waals surface area contributed by atoms with E-state index in [1.807, 2.05) is 4.90 Å². The smallest absolute Gasteiger partial charge is 0.222 e. The molecule has 4 nitrogen and oxygen atoms in total. The Morgan fingerprint density at radius 2 is 2.06 bits per heavy atom. The lowest BCUT2D eigenvalue weighted by Crippen LogP contribution is -2.40. The summed E-state index contributed by atoms with van der Waals surface area (Å²) in [6, 6.07) is 0. The zero-order valence-electron chi connectivity index (χ0n) is 11.4. The van der Waals surface area contributed by atoms with Crippen LogP contribution in [0.5, 0.6) is 0 Å². The molecule has 0 bridgehead atoms. The number of methoxy groups -OCH3 is 1. The zero-order chi connectivity index (χ0) is 12.8. The molecule has 0 radical (unpaired) electrons. The van der Waals surface area contributed by atoms with Gasteiger partial charge in [0.05, 0.1) is 12.2 Å². The van der Waals surface area contributed by atoms with Gasteiger partial charge in [-0.15, -0.1) is 0 Å². The first-order valence-electron chi connectivity index (χ1n) is 7.22. The summed E-state index contributed by atoms with van der Waals surface area (Å²) in [6.45, 7) is 2.57. The van der Waals surface area contributed by atoms with E-state index in [2.05, 4.69) is 0 Å². The summed E-state index contributed by atoms with van der Waals surface area (Å²) in [5, 5.41) is 0. The molecule has 0 aliphatic carbocycles. The molecule has 0 N–H and O–H groups in total. The van der Waals surface area contributed by atoms with E-state index in [-0.39, 0.29) is 0 Å². The highest BCUT2D eigenvalue weighted by atomic mass is 16.5. The van der Waals surface area contributed by atoms with Gasteiger partial charge in [0.25, 0.3) is 0 Å². The number of likely N-dealkylation sites (tertiary alicyclic amines) is 1. The number of carbonyl (C=O) groups is 1. The lowest BCUT2D eigenvalue weighted by molar-refractivity contribution is -0.134. The molecule has 2 aliphatic heterocycles. The fourth-order valence-corrected chi connectivity index (χ4v) is 2.82. The maximum absolute atomic E-state index is 12.1. The Labute approximate surface area is 110 Å². The second kappa shape index (κ2) is 7.10. The molecule has 0 spiro atoms. The molecule has 2 saturated heterocycles. The topological polar surface area (TPSA) is 38.8 Å². The highest BCUT2D eigenvalue weighted by Gasteiger charge is 2.23. The van der Waals surface area contributed by atoms with Crippen LogP contribution < -0.4 is 0 Å². The van der Waals surface area contributed by atoms with Gasteiger partial charge in [-0.05, 0) is 38.5 Å². The van der Waals surface area contributed by atoms with Gasteiger partial charge in [-0.2, -0.15) is 0 Å². The van der Waals surface area contributed by atoms with Gasteiger partial charge in [-0.1, -0.05) is 0 Å². The van der Waals surface area contributed by atoms with Crippen LogP contribution in [0, 0.1) is 0 Å². The molecule has 2 aliphatic rings. The molecule has 2 fully saturated rings. The minimum absolute atomic E-state index is 0.290. The summed E-state index contributed by atoms with van der Waals surface area (Å²) in [5.74, 6) is 0.290. The van der Waals surface area contributed by atoms with E-state index in [0.717, 1.165) is 45.4 Å². The highest BCUT2D eigenvalue weighted by molar-refractivity contribution is 5.76. The summed E-state index contributed by atoms with van der Waals surface area (Å²) in [5.41, 5.74) is 0. The van der Waals surface area contributed by atoms with Crippen molar-refractivity contribution < 1.29 is 14.3 Å². The van der Waals surface area contributed by atoms with Gasteiger partial charge < -0.3 is 14.4 Å². The Morgan fingerprint density at radius 3 is 2.67 bits per heavy atom. The van der Waals surface area contributed by atoms with Gasteiger partial charge in [0.1, 0.15) is 0 Å². The van der Waals surface area contributed by atoms with Gasteiger partial charge in [-0.3, -0.25) is 4.79 Å². The number of hydrogen-bond donors (Lipinski definition) is 0. The van der Waals surface area contributed by atoms with E-state index in [1.165, 1.54) is 12.8 Å². The summed E-state index contributed by atoms with van der Waals surface area (Å²) in [4.78, 5) is 14.0. The van der Waals surface area contributed by atoms with E-state index in [9.17, 15) is 4.79 Å². The maximum atomic E-state index is 12.1. The average Bonchev–Trinajstić information content (AvgIpc) is 2.46. The second-order valence-electron chi connectivity index (χ2n) is 5.34. The van der Waals surface area contributed by atoms with Crippen molar-refractivity contribution in [3.8, 4) is 0 Å². The van der Waals surface area contributed by atoms with Crippen molar-refractivity contribution in [3.63, 3.8) is 0 Å². The first kappa shape index (κ1) is 13.8. The molecular formula is C14H25NO3.